The minimum atomic E-state index is -0.238. The largest absolute Gasteiger partial charge is 0.383 e. The number of pyridine rings is 1. The summed E-state index contributed by atoms with van der Waals surface area (Å²) in [7, 11) is 1.58. The molecule has 0 atom stereocenters. The van der Waals surface area contributed by atoms with E-state index in [0.29, 0.717) is 18.8 Å². The van der Waals surface area contributed by atoms with Crippen molar-refractivity contribution >= 4 is 28.9 Å². The first-order valence-electron chi connectivity index (χ1n) is 7.46. The Bertz CT molecular complexity index is 684. The summed E-state index contributed by atoms with van der Waals surface area (Å²) in [5, 5.41) is 8.59. The maximum absolute atomic E-state index is 11.8. The lowest BCUT2D eigenvalue weighted by molar-refractivity contribution is -0.114. The quantitative estimate of drug-likeness (QED) is 0.677. The highest BCUT2D eigenvalue weighted by Gasteiger charge is 2.06. The number of aromatic nitrogens is 1. The molecule has 0 aliphatic carbocycles. The number of benzene rings is 1. The number of methoxy groups -OCH3 is 1. The summed E-state index contributed by atoms with van der Waals surface area (Å²) in [6.45, 7) is 2.36. The molecule has 0 aliphatic rings. The van der Waals surface area contributed by atoms with Crippen LogP contribution in [0, 0.1) is 0 Å². The second-order valence-corrected chi connectivity index (χ2v) is 5.06. The summed E-state index contributed by atoms with van der Waals surface area (Å²) >= 11 is 0. The van der Waals surface area contributed by atoms with Gasteiger partial charge in [-0.3, -0.25) is 9.59 Å². The number of hydrogen-bond donors (Lipinski definition) is 3. The number of rotatable bonds is 7. The van der Waals surface area contributed by atoms with E-state index in [4.69, 9.17) is 4.74 Å². The van der Waals surface area contributed by atoms with Crippen molar-refractivity contribution in [3.63, 3.8) is 0 Å². The van der Waals surface area contributed by atoms with Gasteiger partial charge < -0.3 is 20.7 Å². The Morgan fingerprint density at radius 3 is 2.29 bits per heavy atom. The van der Waals surface area contributed by atoms with E-state index < -0.39 is 0 Å². The molecular weight excluding hydrogens is 308 g/mol. The summed E-state index contributed by atoms with van der Waals surface area (Å²) < 4.78 is 4.87. The molecule has 7 heteroatoms. The van der Waals surface area contributed by atoms with Crippen molar-refractivity contribution in [1.82, 2.24) is 10.3 Å². The number of nitrogens with zero attached hydrogens (tertiary/aromatic N) is 1. The first-order chi connectivity index (χ1) is 11.6. The third kappa shape index (κ3) is 5.36. The Morgan fingerprint density at radius 1 is 1.04 bits per heavy atom. The van der Waals surface area contributed by atoms with Gasteiger partial charge in [-0.25, -0.2) is 4.98 Å². The molecule has 1 heterocycles. The lowest BCUT2D eigenvalue weighted by Gasteiger charge is -2.08. The van der Waals surface area contributed by atoms with Crippen LogP contribution in [0.2, 0.25) is 0 Å². The van der Waals surface area contributed by atoms with Crippen molar-refractivity contribution in [2.24, 2.45) is 0 Å². The highest BCUT2D eigenvalue weighted by Crippen LogP contribution is 2.18. The van der Waals surface area contributed by atoms with Crippen LogP contribution in [-0.4, -0.2) is 37.1 Å². The van der Waals surface area contributed by atoms with Gasteiger partial charge in [0.2, 0.25) is 5.91 Å². The molecule has 0 aliphatic heterocycles. The number of carbonyl (C=O) groups excluding carboxylic acids is 2. The van der Waals surface area contributed by atoms with Crippen LogP contribution in [0.3, 0.4) is 0 Å². The molecule has 2 amide bonds. The number of ether oxygens (including phenoxy) is 1. The van der Waals surface area contributed by atoms with E-state index in [0.717, 1.165) is 17.1 Å². The fraction of sp³-hybridized carbons (Fsp3) is 0.235. The molecule has 3 N–H and O–H groups in total. The molecule has 1 aromatic heterocycles. The summed E-state index contributed by atoms with van der Waals surface area (Å²) in [4.78, 5) is 27.0. The van der Waals surface area contributed by atoms with Crippen molar-refractivity contribution < 1.29 is 14.3 Å². The van der Waals surface area contributed by atoms with Crippen molar-refractivity contribution in [2.45, 2.75) is 6.92 Å². The van der Waals surface area contributed by atoms with Crippen LogP contribution in [0.4, 0.5) is 17.1 Å². The van der Waals surface area contributed by atoms with E-state index in [2.05, 4.69) is 20.9 Å². The van der Waals surface area contributed by atoms with Crippen molar-refractivity contribution in [2.75, 3.05) is 30.9 Å². The third-order valence-electron chi connectivity index (χ3n) is 3.08. The molecule has 126 valence electrons. The van der Waals surface area contributed by atoms with Crippen molar-refractivity contribution in [1.29, 1.82) is 0 Å². The van der Waals surface area contributed by atoms with E-state index in [1.165, 1.54) is 6.92 Å². The second-order valence-electron chi connectivity index (χ2n) is 5.06. The van der Waals surface area contributed by atoms with Crippen LogP contribution in [0.1, 0.15) is 17.4 Å². The molecule has 24 heavy (non-hydrogen) atoms. The Hall–Kier alpha value is -2.93. The lowest BCUT2D eigenvalue weighted by atomic mass is 10.2. The average Bonchev–Trinajstić information content (AvgIpc) is 2.57. The normalized spacial score (nSPS) is 10.1. The smallest absolute Gasteiger partial charge is 0.269 e. The zero-order valence-electron chi connectivity index (χ0n) is 13.6. The number of carbonyl (C=O) groups is 2. The maximum atomic E-state index is 11.8. The topological polar surface area (TPSA) is 92.4 Å². The molecule has 0 fully saturated rings. The van der Waals surface area contributed by atoms with Crippen LogP contribution in [0.25, 0.3) is 0 Å². The third-order valence-corrected chi connectivity index (χ3v) is 3.08. The monoisotopic (exact) mass is 328 g/mol. The Labute approximate surface area is 140 Å². The van der Waals surface area contributed by atoms with Gasteiger partial charge in [0.15, 0.2) is 0 Å². The molecule has 0 unspecified atom stereocenters. The Kier molecular flexibility index (Phi) is 6.27. The molecule has 2 aromatic rings. The summed E-state index contributed by atoms with van der Waals surface area (Å²) in [6.07, 6.45) is 1.59. The van der Waals surface area contributed by atoms with E-state index in [9.17, 15) is 9.59 Å². The zero-order valence-corrected chi connectivity index (χ0v) is 13.6. The minimum Gasteiger partial charge on any atom is -0.383 e. The van der Waals surface area contributed by atoms with Gasteiger partial charge in [-0.1, -0.05) is 0 Å². The number of amides is 2. The van der Waals surface area contributed by atoms with Gasteiger partial charge in [-0.2, -0.15) is 0 Å². The zero-order chi connectivity index (χ0) is 17.4. The predicted octanol–water partition coefficient (Wildman–Crippen LogP) is 2.16. The molecule has 0 radical (unpaired) electrons. The molecular formula is C17H20N4O3. The number of anilines is 3. The van der Waals surface area contributed by atoms with Crippen LogP contribution in [0.15, 0.2) is 42.6 Å². The first-order valence-corrected chi connectivity index (χ1v) is 7.46. The summed E-state index contributed by atoms with van der Waals surface area (Å²) in [5.41, 5.74) is 2.69. The fourth-order valence-electron chi connectivity index (χ4n) is 1.97. The van der Waals surface area contributed by atoms with Crippen molar-refractivity contribution in [3.8, 4) is 0 Å². The number of hydrogen-bond acceptors (Lipinski definition) is 5. The standard InChI is InChI=1S/C17H20N4O3/c1-12(22)20-13-3-5-14(6-4-13)21-15-7-8-16(19-11-15)17(23)18-9-10-24-2/h3-8,11,21H,9-10H2,1-2H3,(H,18,23)(H,20,22). The Balaban J connectivity index is 1.93. The van der Waals surface area contributed by atoms with Gasteiger partial charge in [0.25, 0.3) is 5.91 Å². The fourth-order valence-corrected chi connectivity index (χ4v) is 1.97. The highest BCUT2D eigenvalue weighted by molar-refractivity contribution is 5.92. The van der Waals surface area contributed by atoms with Gasteiger partial charge in [0.05, 0.1) is 18.5 Å². The number of nitrogens with one attached hydrogen (secondary N) is 3. The van der Waals surface area contributed by atoms with Crippen molar-refractivity contribution in [3.05, 3.63) is 48.3 Å². The minimum absolute atomic E-state index is 0.112. The Morgan fingerprint density at radius 2 is 1.71 bits per heavy atom. The average molecular weight is 328 g/mol. The van der Waals surface area contributed by atoms with Crippen LogP contribution in [-0.2, 0) is 9.53 Å². The van der Waals surface area contributed by atoms with Crippen LogP contribution in [0.5, 0.6) is 0 Å². The predicted molar refractivity (Wildman–Crippen MR) is 92.5 cm³/mol. The van der Waals surface area contributed by atoms with Crippen LogP contribution < -0.4 is 16.0 Å². The van der Waals surface area contributed by atoms with Gasteiger partial charge in [-0.05, 0) is 36.4 Å². The van der Waals surface area contributed by atoms with Gasteiger partial charge >= 0.3 is 0 Å². The summed E-state index contributed by atoms with van der Waals surface area (Å²) in [5.74, 6) is -0.350. The van der Waals surface area contributed by atoms with Crippen LogP contribution >= 0.6 is 0 Å². The molecule has 0 bridgehead atoms. The first kappa shape index (κ1) is 17.4. The lowest BCUT2D eigenvalue weighted by Crippen LogP contribution is -2.27. The molecule has 7 nitrogen and oxygen atoms in total. The molecule has 0 saturated carbocycles. The molecule has 0 spiro atoms. The summed E-state index contributed by atoms with van der Waals surface area (Å²) in [6, 6.07) is 10.7. The van der Waals surface area contributed by atoms with E-state index >= 15 is 0 Å². The molecule has 0 saturated heterocycles. The van der Waals surface area contributed by atoms with E-state index in [1.807, 2.05) is 12.1 Å². The molecule has 2 rings (SSSR count). The van der Waals surface area contributed by atoms with E-state index in [-0.39, 0.29) is 11.8 Å². The van der Waals surface area contributed by atoms with E-state index in [1.54, 1.807) is 37.6 Å². The SMILES string of the molecule is COCCNC(=O)c1ccc(Nc2ccc(NC(C)=O)cc2)cn1. The highest BCUT2D eigenvalue weighted by atomic mass is 16.5. The molecule has 1 aromatic carbocycles. The van der Waals surface area contributed by atoms with Gasteiger partial charge in [-0.15, -0.1) is 0 Å². The maximum Gasteiger partial charge on any atom is 0.269 e. The van der Waals surface area contributed by atoms with Gasteiger partial charge in [0.1, 0.15) is 5.69 Å². The second kappa shape index (κ2) is 8.64. The van der Waals surface area contributed by atoms with Gasteiger partial charge in [0, 0.05) is 32.0 Å².